The standard InChI is InChI=1S/C12H20N2O3/c1-2-3-4-8-13-11(17)14-12(6-5-7-12)9-10(15)16/h2-3H,4-9H2,1H3,(H,15,16)(H2,13,14,17)/b3-2+. The molecule has 0 unspecified atom stereocenters. The molecule has 0 spiro atoms. The Morgan fingerprint density at radius 1 is 1.41 bits per heavy atom. The van der Waals surface area contributed by atoms with Gasteiger partial charge in [-0.15, -0.1) is 0 Å². The number of urea groups is 1. The largest absolute Gasteiger partial charge is 0.481 e. The summed E-state index contributed by atoms with van der Waals surface area (Å²) in [4.78, 5) is 22.3. The van der Waals surface area contributed by atoms with E-state index in [0.717, 1.165) is 25.7 Å². The minimum absolute atomic E-state index is 0.00921. The molecular formula is C12H20N2O3. The Labute approximate surface area is 101 Å². The number of hydrogen-bond donors (Lipinski definition) is 3. The lowest BCUT2D eigenvalue weighted by molar-refractivity contribution is -0.139. The van der Waals surface area contributed by atoms with Crippen molar-refractivity contribution in [2.75, 3.05) is 6.54 Å². The minimum atomic E-state index is -0.862. The molecule has 0 radical (unpaired) electrons. The van der Waals surface area contributed by atoms with Crippen molar-refractivity contribution in [3.63, 3.8) is 0 Å². The highest BCUT2D eigenvalue weighted by molar-refractivity contribution is 5.77. The topological polar surface area (TPSA) is 78.4 Å². The van der Waals surface area contributed by atoms with Crippen molar-refractivity contribution < 1.29 is 14.7 Å². The quantitative estimate of drug-likeness (QED) is 0.488. The average Bonchev–Trinajstić information content (AvgIpc) is 2.20. The molecule has 0 aliphatic heterocycles. The Kier molecular flexibility index (Phi) is 5.00. The fourth-order valence-corrected chi connectivity index (χ4v) is 1.96. The molecule has 5 nitrogen and oxygen atoms in total. The average molecular weight is 240 g/mol. The number of hydrogen-bond acceptors (Lipinski definition) is 2. The van der Waals surface area contributed by atoms with Crippen LogP contribution in [0.4, 0.5) is 4.79 Å². The number of rotatable bonds is 6. The van der Waals surface area contributed by atoms with Crippen LogP contribution in [0.5, 0.6) is 0 Å². The van der Waals surface area contributed by atoms with Crippen LogP contribution in [0.1, 0.15) is 39.0 Å². The second-order valence-electron chi connectivity index (χ2n) is 4.44. The molecule has 96 valence electrons. The highest BCUT2D eigenvalue weighted by Gasteiger charge is 2.40. The molecule has 0 atom stereocenters. The zero-order chi connectivity index (χ0) is 12.7. The third-order valence-electron chi connectivity index (χ3n) is 3.01. The molecule has 0 bridgehead atoms. The molecule has 2 amide bonds. The van der Waals surface area contributed by atoms with E-state index in [4.69, 9.17) is 5.11 Å². The Hall–Kier alpha value is -1.52. The maximum Gasteiger partial charge on any atom is 0.315 e. The summed E-state index contributed by atoms with van der Waals surface area (Å²) in [6, 6.07) is -0.268. The Bertz CT molecular complexity index is 309. The van der Waals surface area contributed by atoms with Gasteiger partial charge >= 0.3 is 12.0 Å². The van der Waals surface area contributed by atoms with Gasteiger partial charge in [-0.2, -0.15) is 0 Å². The number of nitrogens with one attached hydrogen (secondary N) is 2. The van der Waals surface area contributed by atoms with Gasteiger partial charge < -0.3 is 15.7 Å². The van der Waals surface area contributed by atoms with E-state index in [9.17, 15) is 9.59 Å². The van der Waals surface area contributed by atoms with Crippen LogP contribution in [0.3, 0.4) is 0 Å². The van der Waals surface area contributed by atoms with Gasteiger partial charge in [0.15, 0.2) is 0 Å². The molecule has 17 heavy (non-hydrogen) atoms. The molecule has 3 N–H and O–H groups in total. The normalized spacial score (nSPS) is 17.5. The van der Waals surface area contributed by atoms with Gasteiger partial charge in [0.1, 0.15) is 0 Å². The number of aliphatic carboxylic acids is 1. The number of carboxylic acids is 1. The van der Waals surface area contributed by atoms with Gasteiger partial charge in [0, 0.05) is 6.54 Å². The van der Waals surface area contributed by atoms with Gasteiger partial charge in [-0.1, -0.05) is 12.2 Å². The summed E-state index contributed by atoms with van der Waals surface area (Å²) in [5.74, 6) is -0.862. The van der Waals surface area contributed by atoms with Gasteiger partial charge in [-0.25, -0.2) is 4.79 Å². The van der Waals surface area contributed by atoms with E-state index in [0.29, 0.717) is 6.54 Å². The molecule has 1 rings (SSSR count). The minimum Gasteiger partial charge on any atom is -0.481 e. The maximum absolute atomic E-state index is 11.6. The zero-order valence-electron chi connectivity index (χ0n) is 10.2. The predicted molar refractivity (Wildman–Crippen MR) is 64.8 cm³/mol. The van der Waals surface area contributed by atoms with Crippen molar-refractivity contribution in [2.24, 2.45) is 0 Å². The van der Waals surface area contributed by atoms with Gasteiger partial charge in [0.05, 0.1) is 12.0 Å². The molecule has 0 aromatic carbocycles. The van der Waals surface area contributed by atoms with Crippen LogP contribution >= 0.6 is 0 Å². The van der Waals surface area contributed by atoms with Crippen LogP contribution in [0.15, 0.2) is 12.2 Å². The Morgan fingerprint density at radius 2 is 2.12 bits per heavy atom. The summed E-state index contributed by atoms with van der Waals surface area (Å²) < 4.78 is 0. The van der Waals surface area contributed by atoms with Crippen LogP contribution in [-0.4, -0.2) is 29.2 Å². The lowest BCUT2D eigenvalue weighted by Crippen LogP contribution is -2.57. The Balaban J connectivity index is 2.30. The van der Waals surface area contributed by atoms with Crippen LogP contribution < -0.4 is 10.6 Å². The van der Waals surface area contributed by atoms with Crippen molar-refractivity contribution in [1.82, 2.24) is 10.6 Å². The van der Waals surface area contributed by atoms with Crippen molar-refractivity contribution in [3.05, 3.63) is 12.2 Å². The smallest absolute Gasteiger partial charge is 0.315 e. The highest BCUT2D eigenvalue weighted by Crippen LogP contribution is 2.34. The summed E-state index contributed by atoms with van der Waals surface area (Å²) >= 11 is 0. The molecule has 0 aromatic heterocycles. The van der Waals surface area contributed by atoms with Crippen LogP contribution in [0, 0.1) is 0 Å². The monoisotopic (exact) mass is 240 g/mol. The second-order valence-corrected chi connectivity index (χ2v) is 4.44. The van der Waals surface area contributed by atoms with E-state index in [1.807, 2.05) is 19.1 Å². The molecule has 1 saturated carbocycles. The third kappa shape index (κ3) is 4.46. The number of carbonyl (C=O) groups is 2. The summed E-state index contributed by atoms with van der Waals surface area (Å²) in [6.45, 7) is 2.50. The number of carboxylic acid groups (broad SMARTS) is 1. The number of amides is 2. The lowest BCUT2D eigenvalue weighted by Gasteiger charge is -2.41. The van der Waals surface area contributed by atoms with E-state index >= 15 is 0 Å². The molecule has 0 saturated heterocycles. The van der Waals surface area contributed by atoms with E-state index < -0.39 is 11.5 Å². The SMILES string of the molecule is C/C=C/CCNC(=O)NC1(CC(=O)O)CCC1. The first-order valence-corrected chi connectivity index (χ1v) is 5.97. The van der Waals surface area contributed by atoms with Crippen molar-refractivity contribution in [3.8, 4) is 0 Å². The van der Waals surface area contributed by atoms with Gasteiger partial charge in [-0.3, -0.25) is 4.79 Å². The summed E-state index contributed by atoms with van der Waals surface area (Å²) in [5.41, 5.74) is -0.517. The van der Waals surface area contributed by atoms with Crippen LogP contribution in [-0.2, 0) is 4.79 Å². The Morgan fingerprint density at radius 3 is 2.59 bits per heavy atom. The van der Waals surface area contributed by atoms with Crippen LogP contribution in [0.2, 0.25) is 0 Å². The molecule has 0 heterocycles. The first-order chi connectivity index (χ1) is 8.08. The summed E-state index contributed by atoms with van der Waals surface area (Å²) in [5, 5.41) is 14.3. The van der Waals surface area contributed by atoms with Gasteiger partial charge in [0.2, 0.25) is 0 Å². The van der Waals surface area contributed by atoms with Crippen molar-refractivity contribution >= 4 is 12.0 Å². The number of allylic oxidation sites excluding steroid dienone is 1. The molecular weight excluding hydrogens is 220 g/mol. The van der Waals surface area contributed by atoms with Crippen LogP contribution in [0.25, 0.3) is 0 Å². The summed E-state index contributed by atoms with van der Waals surface area (Å²) in [6.07, 6.45) is 7.18. The molecule has 1 aliphatic carbocycles. The molecule has 0 aromatic rings. The fourth-order valence-electron chi connectivity index (χ4n) is 1.96. The number of carbonyl (C=O) groups excluding carboxylic acids is 1. The third-order valence-corrected chi connectivity index (χ3v) is 3.01. The van der Waals surface area contributed by atoms with E-state index in [2.05, 4.69) is 10.6 Å². The van der Waals surface area contributed by atoms with Crippen molar-refractivity contribution in [2.45, 2.75) is 44.6 Å². The fraction of sp³-hybridized carbons (Fsp3) is 0.667. The first kappa shape index (κ1) is 13.5. The van der Waals surface area contributed by atoms with E-state index in [1.54, 1.807) is 0 Å². The van der Waals surface area contributed by atoms with E-state index in [1.165, 1.54) is 0 Å². The first-order valence-electron chi connectivity index (χ1n) is 5.97. The molecule has 1 fully saturated rings. The second kappa shape index (κ2) is 6.27. The lowest BCUT2D eigenvalue weighted by atomic mass is 9.74. The van der Waals surface area contributed by atoms with E-state index in [-0.39, 0.29) is 12.5 Å². The van der Waals surface area contributed by atoms with Crippen molar-refractivity contribution in [1.29, 1.82) is 0 Å². The van der Waals surface area contributed by atoms with Gasteiger partial charge in [-0.05, 0) is 32.6 Å². The highest BCUT2D eigenvalue weighted by atomic mass is 16.4. The van der Waals surface area contributed by atoms with Gasteiger partial charge in [0.25, 0.3) is 0 Å². The molecule has 5 heteroatoms. The summed E-state index contributed by atoms with van der Waals surface area (Å²) in [7, 11) is 0. The molecule has 1 aliphatic rings. The zero-order valence-corrected chi connectivity index (χ0v) is 10.2. The predicted octanol–water partition coefficient (Wildman–Crippen LogP) is 1.65. The maximum atomic E-state index is 11.6.